The summed E-state index contributed by atoms with van der Waals surface area (Å²) in [6.07, 6.45) is -1.76. The first-order chi connectivity index (χ1) is 9.82. The summed E-state index contributed by atoms with van der Waals surface area (Å²) in [6, 6.07) is 2.99. The van der Waals surface area contributed by atoms with E-state index >= 15 is 0 Å². The van der Waals surface area contributed by atoms with Gasteiger partial charge in [-0.2, -0.15) is 13.2 Å². The molecular weight excluding hydrogens is 349 g/mol. The maximum atomic E-state index is 12.7. The number of alkyl halides is 3. The van der Waals surface area contributed by atoms with E-state index in [0.29, 0.717) is 11.0 Å². The maximum Gasteiger partial charge on any atom is 0.416 e. The number of carbonyl (C=O) groups excluding carboxylic acids is 1. The Hall–Kier alpha value is -1.08. The summed E-state index contributed by atoms with van der Waals surface area (Å²) in [6.45, 7) is 0.467. The fraction of sp³-hybridized carbons (Fsp3) is 0.500. The van der Waals surface area contributed by atoms with Crippen LogP contribution in [0.25, 0.3) is 0 Å². The summed E-state index contributed by atoms with van der Waals surface area (Å²) in [5, 5.41) is 2.80. The number of amides is 1. The zero-order valence-electron chi connectivity index (χ0n) is 11.2. The summed E-state index contributed by atoms with van der Waals surface area (Å²) < 4.78 is 38.5. The number of hydrogen-bond acceptors (Lipinski definition) is 2. The van der Waals surface area contributed by atoms with Gasteiger partial charge in [0.15, 0.2) is 0 Å². The molecule has 1 aliphatic carbocycles. The Labute approximate surface area is 129 Å². The average molecular weight is 365 g/mol. The molecule has 7 heteroatoms. The quantitative estimate of drug-likeness (QED) is 0.864. The van der Waals surface area contributed by atoms with Crippen molar-refractivity contribution in [2.24, 2.45) is 11.7 Å². The van der Waals surface area contributed by atoms with E-state index in [1.165, 1.54) is 6.07 Å². The molecule has 0 saturated heterocycles. The molecule has 1 aromatic carbocycles. The van der Waals surface area contributed by atoms with E-state index in [1.807, 2.05) is 0 Å². The molecule has 116 valence electrons. The molecule has 0 bridgehead atoms. The van der Waals surface area contributed by atoms with Gasteiger partial charge in [-0.25, -0.2) is 0 Å². The molecule has 1 aliphatic rings. The van der Waals surface area contributed by atoms with Gasteiger partial charge < -0.3 is 11.1 Å². The highest BCUT2D eigenvalue weighted by Gasteiger charge is 2.32. The van der Waals surface area contributed by atoms with Gasteiger partial charge in [-0.1, -0.05) is 6.42 Å². The molecule has 0 radical (unpaired) electrons. The van der Waals surface area contributed by atoms with Crippen LogP contribution in [0.3, 0.4) is 0 Å². The van der Waals surface area contributed by atoms with E-state index in [9.17, 15) is 18.0 Å². The summed E-state index contributed by atoms with van der Waals surface area (Å²) in [7, 11) is 0. The molecule has 1 aromatic rings. The smallest absolute Gasteiger partial charge is 0.349 e. The van der Waals surface area contributed by atoms with Crippen molar-refractivity contribution < 1.29 is 18.0 Å². The lowest BCUT2D eigenvalue weighted by atomic mass is 10.0. The van der Waals surface area contributed by atoms with Crippen molar-refractivity contribution in [1.29, 1.82) is 0 Å². The molecule has 2 atom stereocenters. The van der Waals surface area contributed by atoms with Crippen LogP contribution >= 0.6 is 15.9 Å². The van der Waals surface area contributed by atoms with E-state index < -0.39 is 17.6 Å². The Morgan fingerprint density at radius 2 is 2.10 bits per heavy atom. The van der Waals surface area contributed by atoms with Crippen LogP contribution in [-0.2, 0) is 6.18 Å². The Balaban J connectivity index is 2.19. The molecule has 0 spiro atoms. The van der Waals surface area contributed by atoms with E-state index in [1.54, 1.807) is 0 Å². The normalized spacial score (nSPS) is 22.3. The van der Waals surface area contributed by atoms with Gasteiger partial charge in [-0.15, -0.1) is 0 Å². The SMILES string of the molecule is NCC1CCCC1NC(=O)c1cc(C(F)(F)F)ccc1Br. The molecular formula is C14H16BrF3N2O. The number of carbonyl (C=O) groups is 1. The van der Waals surface area contributed by atoms with Crippen molar-refractivity contribution in [3.05, 3.63) is 33.8 Å². The van der Waals surface area contributed by atoms with E-state index in [4.69, 9.17) is 5.73 Å². The Kier molecular flexibility index (Phi) is 4.93. The fourth-order valence-corrected chi connectivity index (χ4v) is 3.06. The van der Waals surface area contributed by atoms with Gasteiger partial charge in [-0.3, -0.25) is 4.79 Å². The Morgan fingerprint density at radius 3 is 2.71 bits per heavy atom. The second-order valence-corrected chi connectivity index (χ2v) is 6.05. The van der Waals surface area contributed by atoms with Gasteiger partial charge in [0.25, 0.3) is 5.91 Å². The van der Waals surface area contributed by atoms with Crippen molar-refractivity contribution in [1.82, 2.24) is 5.32 Å². The molecule has 1 amide bonds. The maximum absolute atomic E-state index is 12.7. The zero-order valence-corrected chi connectivity index (χ0v) is 12.8. The van der Waals surface area contributed by atoms with Crippen LogP contribution < -0.4 is 11.1 Å². The minimum atomic E-state index is -4.47. The Morgan fingerprint density at radius 1 is 1.38 bits per heavy atom. The lowest BCUT2D eigenvalue weighted by Gasteiger charge is -2.20. The van der Waals surface area contributed by atoms with E-state index in [2.05, 4.69) is 21.2 Å². The number of halogens is 4. The van der Waals surface area contributed by atoms with Gasteiger partial charge in [0.2, 0.25) is 0 Å². The standard InChI is InChI=1S/C14H16BrF3N2O/c15-11-5-4-9(14(16,17)18)6-10(11)13(21)20-12-3-1-2-8(12)7-19/h4-6,8,12H,1-3,7,19H2,(H,20,21). The first-order valence-electron chi connectivity index (χ1n) is 6.70. The van der Waals surface area contributed by atoms with Crippen LogP contribution in [0, 0.1) is 5.92 Å². The molecule has 2 unspecified atom stereocenters. The van der Waals surface area contributed by atoms with Crippen LogP contribution in [0.15, 0.2) is 22.7 Å². The van der Waals surface area contributed by atoms with Crippen LogP contribution in [0.5, 0.6) is 0 Å². The predicted octanol–water partition coefficient (Wildman–Crippen LogP) is 3.33. The largest absolute Gasteiger partial charge is 0.416 e. The van der Waals surface area contributed by atoms with Gasteiger partial charge in [0, 0.05) is 10.5 Å². The predicted molar refractivity (Wildman–Crippen MR) is 76.8 cm³/mol. The molecule has 0 aliphatic heterocycles. The topological polar surface area (TPSA) is 55.1 Å². The molecule has 1 fully saturated rings. The minimum Gasteiger partial charge on any atom is -0.349 e. The van der Waals surface area contributed by atoms with Crippen LogP contribution in [0.2, 0.25) is 0 Å². The first-order valence-corrected chi connectivity index (χ1v) is 7.50. The van der Waals surface area contributed by atoms with Crippen molar-refractivity contribution in [3.63, 3.8) is 0 Å². The third-order valence-electron chi connectivity index (χ3n) is 3.82. The molecule has 21 heavy (non-hydrogen) atoms. The van der Waals surface area contributed by atoms with Crippen molar-refractivity contribution in [3.8, 4) is 0 Å². The lowest BCUT2D eigenvalue weighted by molar-refractivity contribution is -0.137. The summed E-state index contributed by atoms with van der Waals surface area (Å²) >= 11 is 3.13. The third-order valence-corrected chi connectivity index (χ3v) is 4.51. The number of nitrogens with one attached hydrogen (secondary N) is 1. The van der Waals surface area contributed by atoms with Crippen LogP contribution in [0.1, 0.15) is 35.2 Å². The average Bonchev–Trinajstić information content (AvgIpc) is 2.84. The van der Waals surface area contributed by atoms with Gasteiger partial charge >= 0.3 is 6.18 Å². The van der Waals surface area contributed by atoms with Crippen molar-refractivity contribution in [2.45, 2.75) is 31.5 Å². The van der Waals surface area contributed by atoms with Gasteiger partial charge in [-0.05, 0) is 59.4 Å². The Bertz CT molecular complexity index is 533. The molecule has 3 N–H and O–H groups in total. The van der Waals surface area contributed by atoms with Crippen LogP contribution in [0.4, 0.5) is 13.2 Å². The number of nitrogens with two attached hydrogens (primary N) is 1. The second-order valence-electron chi connectivity index (χ2n) is 5.20. The second kappa shape index (κ2) is 6.36. The molecule has 2 rings (SSSR count). The highest BCUT2D eigenvalue weighted by molar-refractivity contribution is 9.10. The monoisotopic (exact) mass is 364 g/mol. The zero-order chi connectivity index (χ0) is 15.6. The number of hydrogen-bond donors (Lipinski definition) is 2. The van der Waals surface area contributed by atoms with Crippen LogP contribution in [-0.4, -0.2) is 18.5 Å². The van der Waals surface area contributed by atoms with Crippen molar-refractivity contribution in [2.75, 3.05) is 6.54 Å². The molecule has 0 heterocycles. The summed E-state index contributed by atoms with van der Waals surface area (Å²) in [5.74, 6) is -0.308. The molecule has 3 nitrogen and oxygen atoms in total. The number of benzene rings is 1. The summed E-state index contributed by atoms with van der Waals surface area (Å²) in [5.41, 5.74) is 4.80. The molecule has 1 saturated carbocycles. The fourth-order valence-electron chi connectivity index (χ4n) is 2.63. The molecule has 0 aromatic heterocycles. The first kappa shape index (κ1) is 16.3. The van der Waals surface area contributed by atoms with Gasteiger partial charge in [0.05, 0.1) is 11.1 Å². The highest BCUT2D eigenvalue weighted by atomic mass is 79.9. The summed E-state index contributed by atoms with van der Waals surface area (Å²) in [4.78, 5) is 12.2. The lowest BCUT2D eigenvalue weighted by Crippen LogP contribution is -2.40. The van der Waals surface area contributed by atoms with E-state index in [-0.39, 0.29) is 17.5 Å². The van der Waals surface area contributed by atoms with Crippen molar-refractivity contribution >= 4 is 21.8 Å². The highest BCUT2D eigenvalue weighted by Crippen LogP contribution is 2.32. The number of rotatable bonds is 3. The third kappa shape index (κ3) is 3.77. The minimum absolute atomic E-state index is 0.00695. The van der Waals surface area contributed by atoms with E-state index in [0.717, 1.165) is 31.4 Å². The van der Waals surface area contributed by atoms with Gasteiger partial charge in [0.1, 0.15) is 0 Å².